The number of alkyl halides is 2. The zero-order valence-corrected chi connectivity index (χ0v) is 10.8. The largest absolute Gasteiger partial charge is 0.508 e. The smallest absolute Gasteiger partial charge is 0.296 e. The monoisotopic (exact) mass is 294 g/mol. The van der Waals surface area contributed by atoms with Crippen molar-refractivity contribution < 1.29 is 18.8 Å². The van der Waals surface area contributed by atoms with Gasteiger partial charge in [0.15, 0.2) is 0 Å². The molecule has 0 saturated heterocycles. The lowest BCUT2D eigenvalue weighted by Gasteiger charge is -2.08. The summed E-state index contributed by atoms with van der Waals surface area (Å²) in [5, 5.41) is 23.0. The van der Waals surface area contributed by atoms with Crippen LogP contribution in [-0.2, 0) is 6.54 Å². The van der Waals surface area contributed by atoms with Crippen LogP contribution in [0.5, 0.6) is 5.75 Å². The predicted molar refractivity (Wildman–Crippen MR) is 73.5 cm³/mol. The van der Waals surface area contributed by atoms with Gasteiger partial charge in [0.25, 0.3) is 12.1 Å². The molecule has 110 valence electrons. The van der Waals surface area contributed by atoms with Crippen molar-refractivity contribution in [2.24, 2.45) is 0 Å². The zero-order chi connectivity index (χ0) is 15.4. The molecule has 0 radical (unpaired) electrons. The molecule has 0 bridgehead atoms. The molecule has 0 aliphatic rings. The van der Waals surface area contributed by atoms with Gasteiger partial charge < -0.3 is 10.4 Å². The average molecular weight is 294 g/mol. The first-order valence-corrected chi connectivity index (χ1v) is 6.05. The number of benzene rings is 2. The molecule has 2 N–H and O–H groups in total. The van der Waals surface area contributed by atoms with Crippen molar-refractivity contribution in [2.45, 2.75) is 13.0 Å². The number of rotatable bonds is 5. The highest BCUT2D eigenvalue weighted by atomic mass is 19.3. The van der Waals surface area contributed by atoms with E-state index in [4.69, 9.17) is 0 Å². The standard InChI is InChI=1S/C14H12F2N2O3/c15-14(16)10-3-1-9(2-4-10)8-17-12-6-5-11(19)7-13(12)18(20)21/h1-7,14,17,19H,8H2. The van der Waals surface area contributed by atoms with Gasteiger partial charge in [0.1, 0.15) is 11.4 Å². The second kappa shape index (κ2) is 6.17. The van der Waals surface area contributed by atoms with Gasteiger partial charge in [0, 0.05) is 12.1 Å². The minimum absolute atomic E-state index is 0.0747. The Morgan fingerprint density at radius 3 is 2.43 bits per heavy atom. The van der Waals surface area contributed by atoms with E-state index in [0.717, 1.165) is 6.07 Å². The molecule has 0 aliphatic heterocycles. The van der Waals surface area contributed by atoms with E-state index in [1.54, 1.807) is 0 Å². The fourth-order valence-corrected chi connectivity index (χ4v) is 1.80. The second-order valence-corrected chi connectivity index (χ2v) is 4.35. The Morgan fingerprint density at radius 1 is 1.19 bits per heavy atom. The van der Waals surface area contributed by atoms with E-state index < -0.39 is 11.3 Å². The normalized spacial score (nSPS) is 10.6. The molecule has 0 saturated carbocycles. The van der Waals surface area contributed by atoms with E-state index in [9.17, 15) is 24.0 Å². The van der Waals surface area contributed by atoms with E-state index >= 15 is 0 Å². The molecule has 21 heavy (non-hydrogen) atoms. The molecule has 0 atom stereocenters. The van der Waals surface area contributed by atoms with E-state index in [-0.39, 0.29) is 29.2 Å². The number of hydrogen-bond donors (Lipinski definition) is 2. The molecule has 2 aromatic rings. The third-order valence-corrected chi connectivity index (χ3v) is 2.89. The number of phenols is 1. The number of nitrogens with zero attached hydrogens (tertiary/aromatic N) is 1. The van der Waals surface area contributed by atoms with Crippen molar-refractivity contribution in [3.05, 3.63) is 63.7 Å². The lowest BCUT2D eigenvalue weighted by Crippen LogP contribution is -2.02. The molecule has 0 aromatic heterocycles. The number of nitro benzene ring substituents is 1. The molecule has 0 unspecified atom stereocenters. The van der Waals surface area contributed by atoms with Crippen LogP contribution in [0.1, 0.15) is 17.6 Å². The van der Waals surface area contributed by atoms with Crippen LogP contribution in [0.15, 0.2) is 42.5 Å². The number of aromatic hydroxyl groups is 1. The number of halogens is 2. The van der Waals surface area contributed by atoms with Crippen molar-refractivity contribution in [1.29, 1.82) is 0 Å². The highest BCUT2D eigenvalue weighted by Crippen LogP contribution is 2.28. The molecular formula is C14H12F2N2O3. The molecule has 7 heteroatoms. The van der Waals surface area contributed by atoms with Crippen LogP contribution in [0.25, 0.3) is 0 Å². The Hall–Kier alpha value is -2.70. The topological polar surface area (TPSA) is 75.4 Å². The molecule has 0 spiro atoms. The Balaban J connectivity index is 2.11. The summed E-state index contributed by atoms with van der Waals surface area (Å²) in [6, 6.07) is 9.44. The maximum Gasteiger partial charge on any atom is 0.296 e. The Morgan fingerprint density at radius 2 is 1.86 bits per heavy atom. The van der Waals surface area contributed by atoms with Crippen LogP contribution in [0.3, 0.4) is 0 Å². The summed E-state index contributed by atoms with van der Waals surface area (Å²) in [7, 11) is 0. The fourth-order valence-electron chi connectivity index (χ4n) is 1.80. The number of anilines is 1. The van der Waals surface area contributed by atoms with Crippen LogP contribution >= 0.6 is 0 Å². The summed E-state index contributed by atoms with van der Waals surface area (Å²) < 4.78 is 24.8. The maximum atomic E-state index is 12.4. The molecule has 5 nitrogen and oxygen atoms in total. The predicted octanol–water partition coefficient (Wildman–Crippen LogP) is 3.85. The molecule has 0 amide bonds. The summed E-state index contributed by atoms with van der Waals surface area (Å²) in [6.07, 6.45) is -2.52. The van der Waals surface area contributed by atoms with E-state index in [1.165, 1.54) is 36.4 Å². The SMILES string of the molecule is O=[N+]([O-])c1cc(O)ccc1NCc1ccc(C(F)F)cc1. The summed E-state index contributed by atoms with van der Waals surface area (Å²) in [5.74, 6) is -0.200. The minimum Gasteiger partial charge on any atom is -0.508 e. The number of phenolic OH excluding ortho intramolecular Hbond substituents is 1. The first-order valence-electron chi connectivity index (χ1n) is 6.05. The first-order chi connectivity index (χ1) is 9.97. The summed E-state index contributed by atoms with van der Waals surface area (Å²) >= 11 is 0. The first kappa shape index (κ1) is 14.7. The number of nitrogens with one attached hydrogen (secondary N) is 1. The maximum absolute atomic E-state index is 12.4. The van der Waals surface area contributed by atoms with Crippen LogP contribution in [0.2, 0.25) is 0 Å². The highest BCUT2D eigenvalue weighted by molar-refractivity contribution is 5.63. The quantitative estimate of drug-likeness (QED) is 0.499. The molecular weight excluding hydrogens is 282 g/mol. The van der Waals surface area contributed by atoms with Crippen molar-refractivity contribution in [1.82, 2.24) is 0 Å². The fraction of sp³-hybridized carbons (Fsp3) is 0.143. The summed E-state index contributed by atoms with van der Waals surface area (Å²) in [6.45, 7) is 0.245. The van der Waals surface area contributed by atoms with Crippen LogP contribution in [0, 0.1) is 10.1 Å². The van der Waals surface area contributed by atoms with Crippen molar-refractivity contribution in [3.63, 3.8) is 0 Å². The van der Waals surface area contributed by atoms with Gasteiger partial charge >= 0.3 is 0 Å². The van der Waals surface area contributed by atoms with E-state index in [0.29, 0.717) is 5.56 Å². The van der Waals surface area contributed by atoms with Gasteiger partial charge in [-0.3, -0.25) is 10.1 Å². The Bertz CT molecular complexity index is 645. The van der Waals surface area contributed by atoms with E-state index in [2.05, 4.69) is 5.32 Å². The Kier molecular flexibility index (Phi) is 4.32. The van der Waals surface area contributed by atoms with Gasteiger partial charge in [-0.25, -0.2) is 8.78 Å². The van der Waals surface area contributed by atoms with Gasteiger partial charge in [-0.1, -0.05) is 24.3 Å². The van der Waals surface area contributed by atoms with Gasteiger partial charge in [-0.2, -0.15) is 0 Å². The lowest BCUT2D eigenvalue weighted by atomic mass is 10.1. The van der Waals surface area contributed by atoms with Gasteiger partial charge in [-0.05, 0) is 17.7 Å². The number of nitro groups is 1. The van der Waals surface area contributed by atoms with Crippen LogP contribution < -0.4 is 5.32 Å². The molecule has 0 heterocycles. The molecule has 0 fully saturated rings. The van der Waals surface area contributed by atoms with Crippen molar-refractivity contribution >= 4 is 11.4 Å². The van der Waals surface area contributed by atoms with Gasteiger partial charge in [-0.15, -0.1) is 0 Å². The van der Waals surface area contributed by atoms with Gasteiger partial charge in [0.2, 0.25) is 0 Å². The average Bonchev–Trinajstić information content (AvgIpc) is 2.46. The van der Waals surface area contributed by atoms with Crippen molar-refractivity contribution in [3.8, 4) is 5.75 Å². The highest BCUT2D eigenvalue weighted by Gasteiger charge is 2.14. The number of hydrogen-bond acceptors (Lipinski definition) is 4. The van der Waals surface area contributed by atoms with Crippen LogP contribution in [0.4, 0.5) is 20.2 Å². The molecule has 2 rings (SSSR count). The lowest BCUT2D eigenvalue weighted by molar-refractivity contribution is -0.384. The summed E-state index contributed by atoms with van der Waals surface area (Å²) in [5.41, 5.74) is 0.631. The summed E-state index contributed by atoms with van der Waals surface area (Å²) in [4.78, 5) is 10.3. The Labute approximate surface area is 119 Å². The van der Waals surface area contributed by atoms with E-state index in [1.807, 2.05) is 0 Å². The minimum atomic E-state index is -2.52. The van der Waals surface area contributed by atoms with Crippen molar-refractivity contribution in [2.75, 3.05) is 5.32 Å². The van der Waals surface area contributed by atoms with Gasteiger partial charge in [0.05, 0.1) is 11.0 Å². The zero-order valence-electron chi connectivity index (χ0n) is 10.8. The third-order valence-electron chi connectivity index (χ3n) is 2.89. The third kappa shape index (κ3) is 3.65. The second-order valence-electron chi connectivity index (χ2n) is 4.35. The molecule has 2 aromatic carbocycles. The molecule has 0 aliphatic carbocycles. The van der Waals surface area contributed by atoms with Crippen LogP contribution in [-0.4, -0.2) is 10.0 Å².